The SMILES string of the molecule is Cc1ccc(NC(=O)c2c(N)[nH]c3ncc(-c4cc5c(c(OC(F)(F)F)c4)C(=O)N([C@@H](C)C4CC4)C5)nc23)cn1. The number of aromatic nitrogens is 4. The third-order valence-corrected chi connectivity index (χ3v) is 7.24. The van der Waals surface area contributed by atoms with Gasteiger partial charge in [-0.2, -0.15) is 0 Å². The van der Waals surface area contributed by atoms with E-state index in [1.165, 1.54) is 12.4 Å². The number of hydrogen-bond donors (Lipinski definition) is 3. The van der Waals surface area contributed by atoms with E-state index < -0.39 is 23.9 Å². The molecular weight excluding hydrogens is 527 g/mol. The Hall–Kier alpha value is -4.68. The number of alkyl halides is 3. The number of ether oxygens (including phenoxy) is 1. The molecule has 0 saturated heterocycles. The zero-order chi connectivity index (χ0) is 28.3. The fourth-order valence-corrected chi connectivity index (χ4v) is 5.03. The average Bonchev–Trinajstić information content (AvgIpc) is 3.61. The first-order valence-electron chi connectivity index (χ1n) is 12.6. The molecule has 4 N–H and O–H groups in total. The molecule has 6 rings (SSSR count). The van der Waals surface area contributed by atoms with Crippen molar-refractivity contribution in [2.45, 2.75) is 45.6 Å². The van der Waals surface area contributed by atoms with Crippen molar-refractivity contribution < 1.29 is 27.5 Å². The second-order valence-electron chi connectivity index (χ2n) is 10.1. The molecule has 0 unspecified atom stereocenters. The summed E-state index contributed by atoms with van der Waals surface area (Å²) in [4.78, 5) is 43.7. The van der Waals surface area contributed by atoms with Gasteiger partial charge in [0.05, 0.1) is 29.3 Å². The smallest absolute Gasteiger partial charge is 0.405 e. The van der Waals surface area contributed by atoms with Crippen molar-refractivity contribution >= 4 is 34.5 Å². The van der Waals surface area contributed by atoms with Crippen LogP contribution < -0.4 is 15.8 Å². The minimum Gasteiger partial charge on any atom is -0.405 e. The van der Waals surface area contributed by atoms with Gasteiger partial charge in [0.2, 0.25) is 0 Å². The van der Waals surface area contributed by atoms with Crippen LogP contribution in [0.15, 0.2) is 36.7 Å². The highest BCUT2D eigenvalue weighted by Gasteiger charge is 2.42. The maximum Gasteiger partial charge on any atom is 0.573 e. The number of nitrogens with zero attached hydrogens (tertiary/aromatic N) is 4. The standard InChI is InChI=1S/C27H24F3N7O3/c1-12-3-6-17(9-32-12)34-25(38)21-22-24(36-23(21)31)33-10-18(35-22)15-7-16-11-37(13(2)14-4-5-14)26(39)20(16)19(8-15)40-27(28,29)30/h3,6-10,13-14H,4-5,11,31H2,1-2H3,(H,33,36)(H,34,38)/t13-/m0/s1. The maximum atomic E-state index is 13.4. The Labute approximate surface area is 225 Å². The Morgan fingerprint density at radius 3 is 2.67 bits per heavy atom. The van der Waals surface area contributed by atoms with Crippen LogP contribution in [0.2, 0.25) is 0 Å². The maximum absolute atomic E-state index is 13.4. The Balaban J connectivity index is 1.40. The van der Waals surface area contributed by atoms with E-state index >= 15 is 0 Å². The van der Waals surface area contributed by atoms with Gasteiger partial charge in [0, 0.05) is 23.8 Å². The quantitative estimate of drug-likeness (QED) is 0.312. The van der Waals surface area contributed by atoms with E-state index in [4.69, 9.17) is 5.73 Å². The van der Waals surface area contributed by atoms with E-state index in [0.29, 0.717) is 17.2 Å². The average molecular weight is 552 g/mol. The van der Waals surface area contributed by atoms with Crippen molar-refractivity contribution in [3.63, 3.8) is 0 Å². The normalized spacial score (nSPS) is 15.8. The van der Waals surface area contributed by atoms with E-state index in [1.807, 2.05) is 13.8 Å². The number of pyridine rings is 1. The van der Waals surface area contributed by atoms with Gasteiger partial charge in [-0.25, -0.2) is 9.97 Å². The molecule has 0 bridgehead atoms. The number of aryl methyl sites for hydroxylation is 1. The van der Waals surface area contributed by atoms with Crippen molar-refractivity contribution in [1.29, 1.82) is 0 Å². The fraction of sp³-hybridized carbons (Fsp3) is 0.296. The van der Waals surface area contributed by atoms with Crippen molar-refractivity contribution in [3.05, 3.63) is 59.0 Å². The van der Waals surface area contributed by atoms with Crippen molar-refractivity contribution in [1.82, 2.24) is 24.8 Å². The first-order chi connectivity index (χ1) is 19.0. The summed E-state index contributed by atoms with van der Waals surface area (Å²) in [5, 5.41) is 2.71. The summed E-state index contributed by atoms with van der Waals surface area (Å²) in [6.45, 7) is 3.87. The summed E-state index contributed by atoms with van der Waals surface area (Å²) >= 11 is 0. The summed E-state index contributed by atoms with van der Waals surface area (Å²) in [7, 11) is 0. The van der Waals surface area contributed by atoms with Crippen LogP contribution in [0, 0.1) is 12.8 Å². The highest BCUT2D eigenvalue weighted by molar-refractivity contribution is 6.15. The predicted molar refractivity (Wildman–Crippen MR) is 139 cm³/mol. The summed E-state index contributed by atoms with van der Waals surface area (Å²) in [6.07, 6.45) is -0.210. The van der Waals surface area contributed by atoms with Gasteiger partial charge in [0.15, 0.2) is 5.65 Å². The molecule has 0 spiro atoms. The monoisotopic (exact) mass is 551 g/mol. The van der Waals surface area contributed by atoms with Gasteiger partial charge in [-0.3, -0.25) is 14.6 Å². The Kier molecular flexibility index (Phi) is 5.89. The minimum atomic E-state index is -5.01. The number of halogens is 3. The fourth-order valence-electron chi connectivity index (χ4n) is 5.03. The third kappa shape index (κ3) is 4.67. The van der Waals surface area contributed by atoms with Crippen molar-refractivity contribution in [3.8, 4) is 17.0 Å². The lowest BCUT2D eigenvalue weighted by molar-refractivity contribution is -0.274. The van der Waals surface area contributed by atoms with Crippen molar-refractivity contribution in [2.24, 2.45) is 5.92 Å². The molecule has 2 aliphatic rings. The summed E-state index contributed by atoms with van der Waals surface area (Å²) in [6, 6.07) is 6.05. The van der Waals surface area contributed by atoms with E-state index in [-0.39, 0.29) is 52.0 Å². The molecule has 206 valence electrons. The number of benzene rings is 1. The second kappa shape index (κ2) is 9.21. The van der Waals surface area contributed by atoms with Crippen LogP contribution >= 0.6 is 0 Å². The van der Waals surface area contributed by atoms with Crippen LogP contribution in [0.1, 0.15) is 51.7 Å². The lowest BCUT2D eigenvalue weighted by Crippen LogP contribution is -2.34. The molecule has 2 amide bonds. The predicted octanol–water partition coefficient (Wildman–Crippen LogP) is 4.82. The number of H-pyrrole nitrogens is 1. The molecule has 1 fully saturated rings. The summed E-state index contributed by atoms with van der Waals surface area (Å²) in [5.41, 5.74) is 8.38. The molecule has 4 heterocycles. The van der Waals surface area contributed by atoms with Crippen LogP contribution in [0.3, 0.4) is 0 Å². The van der Waals surface area contributed by atoms with Gasteiger partial charge in [0.25, 0.3) is 11.8 Å². The number of anilines is 2. The first kappa shape index (κ1) is 25.6. The molecule has 1 aliphatic heterocycles. The lowest BCUT2D eigenvalue weighted by atomic mass is 10.0. The molecule has 1 saturated carbocycles. The summed E-state index contributed by atoms with van der Waals surface area (Å²) in [5.74, 6) is -1.31. The third-order valence-electron chi connectivity index (χ3n) is 7.24. The van der Waals surface area contributed by atoms with Crippen molar-refractivity contribution in [2.75, 3.05) is 11.1 Å². The highest BCUT2D eigenvalue weighted by Crippen LogP contribution is 2.42. The van der Waals surface area contributed by atoms with Crippen LogP contribution in [0.4, 0.5) is 24.7 Å². The topological polar surface area (TPSA) is 139 Å². The highest BCUT2D eigenvalue weighted by atomic mass is 19.4. The first-order valence-corrected chi connectivity index (χ1v) is 12.6. The molecule has 0 radical (unpaired) electrons. The molecule has 1 aromatic carbocycles. The molecule has 1 aliphatic carbocycles. The van der Waals surface area contributed by atoms with Gasteiger partial charge < -0.3 is 25.7 Å². The molecule has 10 nitrogen and oxygen atoms in total. The Morgan fingerprint density at radius 2 is 2.00 bits per heavy atom. The van der Waals surface area contributed by atoms with E-state index in [0.717, 1.165) is 24.6 Å². The number of nitrogens with one attached hydrogen (secondary N) is 2. The number of fused-ring (bicyclic) bond motifs is 2. The van der Waals surface area contributed by atoms with Gasteiger partial charge in [-0.1, -0.05) is 0 Å². The number of nitrogen functional groups attached to an aromatic ring is 1. The molecular formula is C27H24F3N7O3. The number of hydrogen-bond acceptors (Lipinski definition) is 7. The van der Waals surface area contributed by atoms with E-state index in [2.05, 4.69) is 30.0 Å². The zero-order valence-electron chi connectivity index (χ0n) is 21.5. The van der Waals surface area contributed by atoms with Crippen LogP contribution in [-0.2, 0) is 6.54 Å². The zero-order valence-corrected chi connectivity index (χ0v) is 21.5. The van der Waals surface area contributed by atoms with Crippen LogP contribution in [-0.4, -0.2) is 49.1 Å². The number of nitrogens with two attached hydrogens (primary N) is 1. The number of carbonyl (C=O) groups excluding carboxylic acids is 2. The van der Waals surface area contributed by atoms with Crippen LogP contribution in [0.5, 0.6) is 5.75 Å². The number of carbonyl (C=O) groups is 2. The van der Waals surface area contributed by atoms with Crippen LogP contribution in [0.25, 0.3) is 22.4 Å². The largest absolute Gasteiger partial charge is 0.573 e. The number of rotatable bonds is 6. The molecule has 40 heavy (non-hydrogen) atoms. The van der Waals surface area contributed by atoms with Gasteiger partial charge in [-0.05, 0) is 62.4 Å². The molecule has 13 heteroatoms. The number of aromatic amines is 1. The van der Waals surface area contributed by atoms with E-state index in [9.17, 15) is 22.8 Å². The number of amides is 2. The minimum absolute atomic E-state index is 0.0232. The lowest BCUT2D eigenvalue weighted by Gasteiger charge is -2.24. The Morgan fingerprint density at radius 1 is 1.23 bits per heavy atom. The molecule has 4 aromatic rings. The van der Waals surface area contributed by atoms with Gasteiger partial charge in [-0.15, -0.1) is 13.2 Å². The summed E-state index contributed by atoms with van der Waals surface area (Å²) < 4.78 is 44.4. The van der Waals surface area contributed by atoms with E-state index in [1.54, 1.807) is 23.1 Å². The second-order valence-corrected chi connectivity index (χ2v) is 10.1. The van der Waals surface area contributed by atoms with Gasteiger partial charge in [0.1, 0.15) is 22.6 Å². The molecule has 1 atom stereocenters. The molecule has 3 aromatic heterocycles. The Bertz CT molecular complexity index is 1660. The van der Waals surface area contributed by atoms with Gasteiger partial charge >= 0.3 is 6.36 Å².